The van der Waals surface area contributed by atoms with Crippen molar-refractivity contribution in [1.82, 2.24) is 0 Å². The molecule has 0 radical (unpaired) electrons. The molecule has 2 fully saturated rings. The van der Waals surface area contributed by atoms with Crippen LogP contribution in [0.15, 0.2) is 47.1 Å². The third-order valence-electron chi connectivity index (χ3n) is 6.00. The summed E-state index contributed by atoms with van der Waals surface area (Å²) in [6.45, 7) is 6.15. The third kappa shape index (κ3) is 4.53. The second kappa shape index (κ2) is 9.54. The summed E-state index contributed by atoms with van der Waals surface area (Å²) in [5, 5.41) is 0. The number of rotatable bonds is 7. The highest BCUT2D eigenvalue weighted by molar-refractivity contribution is 5.97. The molecule has 29 heavy (non-hydrogen) atoms. The Balaban J connectivity index is 1.74. The fourth-order valence-electron chi connectivity index (χ4n) is 4.51. The number of ketones is 1. The SMILES string of the molecule is COc1ccc([C@@H]([C@@H](C(=O)c2ccco2)[NH+]2CCOCC2)[NH+]2CCOCC2)cc1. The quantitative estimate of drug-likeness (QED) is 0.606. The Labute approximate surface area is 171 Å². The van der Waals surface area contributed by atoms with Gasteiger partial charge in [-0.15, -0.1) is 0 Å². The van der Waals surface area contributed by atoms with E-state index in [1.54, 1.807) is 25.5 Å². The van der Waals surface area contributed by atoms with Crippen molar-refractivity contribution in [3.05, 3.63) is 54.0 Å². The summed E-state index contributed by atoms with van der Waals surface area (Å²) in [6, 6.07) is 11.5. The van der Waals surface area contributed by atoms with Crippen LogP contribution in [0.25, 0.3) is 0 Å². The van der Waals surface area contributed by atoms with Gasteiger partial charge < -0.3 is 28.4 Å². The van der Waals surface area contributed by atoms with E-state index in [4.69, 9.17) is 18.6 Å². The molecule has 2 N–H and O–H groups in total. The van der Waals surface area contributed by atoms with Gasteiger partial charge in [-0.1, -0.05) is 0 Å². The van der Waals surface area contributed by atoms with E-state index in [9.17, 15) is 4.79 Å². The number of benzene rings is 1. The van der Waals surface area contributed by atoms with Crippen molar-refractivity contribution in [1.29, 1.82) is 0 Å². The smallest absolute Gasteiger partial charge is 0.261 e. The van der Waals surface area contributed by atoms with E-state index in [1.807, 2.05) is 12.1 Å². The maximum atomic E-state index is 13.7. The fourth-order valence-corrected chi connectivity index (χ4v) is 4.51. The zero-order valence-corrected chi connectivity index (χ0v) is 16.9. The number of methoxy groups -OCH3 is 1. The number of hydrogen-bond donors (Lipinski definition) is 2. The molecule has 3 heterocycles. The molecule has 1 aromatic carbocycles. The van der Waals surface area contributed by atoms with E-state index in [-0.39, 0.29) is 17.9 Å². The zero-order chi connectivity index (χ0) is 20.1. The number of carbonyl (C=O) groups is 1. The fraction of sp³-hybridized carbons (Fsp3) is 0.500. The summed E-state index contributed by atoms with van der Waals surface area (Å²) in [5.41, 5.74) is 1.14. The normalized spacial score (nSPS) is 20.9. The van der Waals surface area contributed by atoms with E-state index in [2.05, 4.69) is 12.1 Å². The zero-order valence-electron chi connectivity index (χ0n) is 16.9. The molecule has 7 heteroatoms. The van der Waals surface area contributed by atoms with E-state index in [1.165, 1.54) is 9.80 Å². The minimum atomic E-state index is -0.244. The van der Waals surface area contributed by atoms with Crippen molar-refractivity contribution in [2.75, 3.05) is 59.7 Å². The molecule has 0 aliphatic carbocycles. The first-order valence-corrected chi connectivity index (χ1v) is 10.3. The maximum absolute atomic E-state index is 13.7. The van der Waals surface area contributed by atoms with Crippen molar-refractivity contribution in [2.24, 2.45) is 0 Å². The Morgan fingerprint density at radius 1 is 0.931 bits per heavy atom. The summed E-state index contributed by atoms with van der Waals surface area (Å²) in [4.78, 5) is 16.3. The van der Waals surface area contributed by atoms with E-state index in [0.717, 1.165) is 37.5 Å². The molecule has 0 spiro atoms. The van der Waals surface area contributed by atoms with Crippen LogP contribution in [0.5, 0.6) is 5.75 Å². The average molecular weight is 402 g/mol. The highest BCUT2D eigenvalue weighted by atomic mass is 16.5. The second-order valence-electron chi connectivity index (χ2n) is 7.61. The van der Waals surface area contributed by atoms with Gasteiger partial charge in [0.25, 0.3) is 5.78 Å². The Hall–Kier alpha value is -2.19. The van der Waals surface area contributed by atoms with Crippen LogP contribution in [-0.2, 0) is 9.47 Å². The standard InChI is InChI=1S/C22H28N2O5/c1-26-18-6-4-17(5-7-18)20(23-8-13-27-14-9-23)21(24-10-15-28-16-11-24)22(25)19-3-2-12-29-19/h2-7,12,20-21H,8-11,13-16H2,1H3/p+2/t20-,21-/m0/s1. The lowest BCUT2D eigenvalue weighted by atomic mass is 9.91. The number of morpholine rings is 2. The first-order chi connectivity index (χ1) is 14.3. The molecule has 7 nitrogen and oxygen atoms in total. The van der Waals surface area contributed by atoms with E-state index in [0.29, 0.717) is 32.2 Å². The minimum absolute atomic E-state index is 0.00973. The molecule has 0 unspecified atom stereocenters. The van der Waals surface area contributed by atoms with Crippen molar-refractivity contribution in [3.63, 3.8) is 0 Å². The number of nitrogens with one attached hydrogen (secondary N) is 2. The van der Waals surface area contributed by atoms with Gasteiger partial charge in [0.1, 0.15) is 31.9 Å². The van der Waals surface area contributed by atoms with E-state index >= 15 is 0 Å². The van der Waals surface area contributed by atoms with Gasteiger partial charge in [0, 0.05) is 5.56 Å². The molecule has 0 amide bonds. The Morgan fingerprint density at radius 3 is 2.10 bits per heavy atom. The molecule has 0 saturated carbocycles. The van der Waals surface area contributed by atoms with Crippen LogP contribution in [0, 0.1) is 0 Å². The lowest BCUT2D eigenvalue weighted by Crippen LogP contribution is -3.25. The van der Waals surface area contributed by atoms with Gasteiger partial charge in [-0.2, -0.15) is 0 Å². The van der Waals surface area contributed by atoms with Gasteiger partial charge in [-0.25, -0.2) is 0 Å². The molecular formula is C22H30N2O5+2. The number of quaternary nitrogens is 2. The van der Waals surface area contributed by atoms with Gasteiger partial charge in [0.15, 0.2) is 11.8 Å². The number of ether oxygens (including phenoxy) is 3. The predicted molar refractivity (Wildman–Crippen MR) is 106 cm³/mol. The molecule has 1 aromatic heterocycles. The number of hydrogen-bond acceptors (Lipinski definition) is 5. The van der Waals surface area contributed by atoms with Gasteiger partial charge >= 0.3 is 0 Å². The summed E-state index contributed by atoms with van der Waals surface area (Å²) in [6.07, 6.45) is 1.57. The first-order valence-electron chi connectivity index (χ1n) is 10.3. The predicted octanol–water partition coefficient (Wildman–Crippen LogP) is -0.589. The molecule has 2 saturated heterocycles. The van der Waals surface area contributed by atoms with Crippen LogP contribution in [0.2, 0.25) is 0 Å². The average Bonchev–Trinajstić information content (AvgIpc) is 3.33. The summed E-state index contributed by atoms with van der Waals surface area (Å²) in [7, 11) is 1.67. The molecule has 156 valence electrons. The number of Topliss-reactive ketones (excluding diaryl/α,β-unsaturated/α-hetero) is 1. The topological polar surface area (TPSA) is 66.8 Å². The largest absolute Gasteiger partial charge is 0.497 e. The summed E-state index contributed by atoms with van der Waals surface area (Å²) >= 11 is 0. The van der Waals surface area contributed by atoms with Gasteiger partial charge in [-0.3, -0.25) is 4.79 Å². The molecular weight excluding hydrogens is 372 g/mol. The monoisotopic (exact) mass is 402 g/mol. The lowest BCUT2D eigenvalue weighted by Gasteiger charge is -2.39. The molecule has 2 atom stereocenters. The minimum Gasteiger partial charge on any atom is -0.497 e. The van der Waals surface area contributed by atoms with Gasteiger partial charge in [0.2, 0.25) is 6.04 Å². The van der Waals surface area contributed by atoms with Crippen LogP contribution in [0.1, 0.15) is 22.2 Å². The van der Waals surface area contributed by atoms with Crippen LogP contribution in [0.3, 0.4) is 0 Å². The van der Waals surface area contributed by atoms with Gasteiger partial charge in [-0.05, 0) is 36.4 Å². The van der Waals surface area contributed by atoms with Crippen LogP contribution in [-0.4, -0.2) is 71.5 Å². The van der Waals surface area contributed by atoms with Crippen molar-refractivity contribution in [2.45, 2.75) is 12.1 Å². The summed E-state index contributed by atoms with van der Waals surface area (Å²) in [5.74, 6) is 1.31. The maximum Gasteiger partial charge on any atom is 0.261 e. The van der Waals surface area contributed by atoms with Crippen LogP contribution >= 0.6 is 0 Å². The van der Waals surface area contributed by atoms with Crippen molar-refractivity contribution in [3.8, 4) is 5.75 Å². The highest BCUT2D eigenvalue weighted by Gasteiger charge is 2.46. The molecule has 2 aliphatic rings. The highest BCUT2D eigenvalue weighted by Crippen LogP contribution is 2.20. The van der Waals surface area contributed by atoms with Crippen molar-refractivity contribution >= 4 is 5.78 Å². The van der Waals surface area contributed by atoms with Crippen LogP contribution in [0.4, 0.5) is 0 Å². The summed E-state index contributed by atoms with van der Waals surface area (Å²) < 4.78 is 22.1. The van der Waals surface area contributed by atoms with Gasteiger partial charge in [0.05, 0.1) is 39.8 Å². The Morgan fingerprint density at radius 2 is 1.55 bits per heavy atom. The second-order valence-corrected chi connectivity index (χ2v) is 7.61. The van der Waals surface area contributed by atoms with Crippen LogP contribution < -0.4 is 14.5 Å². The Bertz CT molecular complexity index is 765. The van der Waals surface area contributed by atoms with Crippen molar-refractivity contribution < 1.29 is 33.2 Å². The first kappa shape index (κ1) is 20.1. The number of furan rings is 1. The lowest BCUT2D eigenvalue weighted by molar-refractivity contribution is -0.999. The Kier molecular flexibility index (Phi) is 6.61. The number of carbonyl (C=O) groups excluding carboxylic acids is 1. The van der Waals surface area contributed by atoms with E-state index < -0.39 is 0 Å². The molecule has 2 aromatic rings. The molecule has 2 aliphatic heterocycles. The molecule has 4 rings (SSSR count). The third-order valence-corrected chi connectivity index (χ3v) is 6.00. The molecule has 0 bridgehead atoms.